The Balaban J connectivity index is 1.42. The summed E-state index contributed by atoms with van der Waals surface area (Å²) in [6, 6.07) is 3.30. The van der Waals surface area contributed by atoms with Crippen molar-refractivity contribution < 1.29 is 46.2 Å². The summed E-state index contributed by atoms with van der Waals surface area (Å²) >= 11 is 0. The first-order chi connectivity index (χ1) is 20.2. The van der Waals surface area contributed by atoms with E-state index in [1.54, 1.807) is 0 Å². The summed E-state index contributed by atoms with van der Waals surface area (Å²) < 4.78 is 56.2. The fraction of sp³-hybridized carbons (Fsp3) is 0.467. The number of rotatable bonds is 8. The molecule has 4 rings (SSSR count). The van der Waals surface area contributed by atoms with E-state index in [4.69, 9.17) is 13.6 Å². The molecule has 2 aromatic rings. The molecule has 10 nitrogen and oxygen atoms in total. The molecule has 14 heteroatoms. The van der Waals surface area contributed by atoms with E-state index < -0.39 is 49.8 Å². The number of nitrogens with one attached hydrogen (secondary N) is 1. The lowest BCUT2D eigenvalue weighted by Crippen LogP contribution is -2.65. The zero-order valence-electron chi connectivity index (χ0n) is 25.4. The molecule has 44 heavy (non-hydrogen) atoms. The molecule has 1 saturated heterocycles. The summed E-state index contributed by atoms with van der Waals surface area (Å²) in [6.07, 6.45) is -3.19. The average Bonchev–Trinajstić information content (AvgIpc) is 3.12. The summed E-state index contributed by atoms with van der Waals surface area (Å²) in [4.78, 5) is 50.6. The number of nitrogens with zero attached hydrogens (tertiary/aromatic N) is 1. The molecule has 238 valence electrons. The smallest absolute Gasteiger partial charge is 0.417 e. The first-order valence-electron chi connectivity index (χ1n) is 14.0. The van der Waals surface area contributed by atoms with Crippen LogP contribution in [0.4, 0.5) is 23.7 Å². The lowest BCUT2D eigenvalue weighted by Gasteiger charge is -2.50. The molecule has 4 atom stereocenters. The second kappa shape index (κ2) is 11.5. The number of anilines is 1. The number of hydrogen-bond donors (Lipinski definition) is 2. The predicted octanol–water partition coefficient (Wildman–Crippen LogP) is 6.14. The molecule has 0 spiro atoms. The number of halogens is 3. The number of β-lactam (4-membered cyclic amide) rings is 1. The van der Waals surface area contributed by atoms with Crippen molar-refractivity contribution in [3.8, 4) is 0 Å². The van der Waals surface area contributed by atoms with E-state index in [-0.39, 0.29) is 51.9 Å². The van der Waals surface area contributed by atoms with Crippen molar-refractivity contribution in [1.29, 1.82) is 0 Å². The Bertz CT molecular complexity index is 1620. The monoisotopic (exact) mass is 636 g/mol. The van der Waals surface area contributed by atoms with E-state index in [1.165, 1.54) is 23.1 Å². The quantitative estimate of drug-likeness (QED) is 0.200. The van der Waals surface area contributed by atoms with Gasteiger partial charge in [0.25, 0.3) is 0 Å². The first kappa shape index (κ1) is 33.0. The molecule has 2 aliphatic heterocycles. The van der Waals surface area contributed by atoms with E-state index in [1.807, 2.05) is 13.8 Å². The predicted molar refractivity (Wildman–Crippen MR) is 157 cm³/mol. The van der Waals surface area contributed by atoms with Crippen LogP contribution in [0.2, 0.25) is 18.1 Å². The van der Waals surface area contributed by atoms with Crippen LogP contribution in [-0.4, -0.2) is 55.0 Å². The Morgan fingerprint density at radius 2 is 1.84 bits per heavy atom. The average molecular weight is 637 g/mol. The van der Waals surface area contributed by atoms with Gasteiger partial charge in [-0.25, -0.2) is 14.4 Å². The van der Waals surface area contributed by atoms with Crippen LogP contribution >= 0.6 is 0 Å². The SMILES string of the molecule is CC(O[Si](C)(C)C(C)(C)C)[C@H]1C(=O)N2C(C(=O)O)=C(/C=C/COC(=O)Nc3ccc4c(C(F)(F)F)cc(=O)oc4c3)[C@H](C)[C@H]12. The van der Waals surface area contributed by atoms with Crippen LogP contribution in [0, 0.1) is 11.8 Å². The van der Waals surface area contributed by atoms with E-state index >= 15 is 0 Å². The highest BCUT2D eigenvalue weighted by atomic mass is 28.4. The Labute approximate surface area is 252 Å². The molecule has 3 heterocycles. The maximum atomic E-state index is 13.3. The van der Waals surface area contributed by atoms with Crippen molar-refractivity contribution in [2.24, 2.45) is 11.8 Å². The minimum absolute atomic E-state index is 0.0252. The highest BCUT2D eigenvalue weighted by molar-refractivity contribution is 6.74. The van der Waals surface area contributed by atoms with Gasteiger partial charge in [0.1, 0.15) is 17.9 Å². The van der Waals surface area contributed by atoms with Gasteiger partial charge in [-0.05, 0) is 48.8 Å². The van der Waals surface area contributed by atoms with Gasteiger partial charge in [-0.2, -0.15) is 13.2 Å². The van der Waals surface area contributed by atoms with Crippen molar-refractivity contribution in [2.45, 2.75) is 71.1 Å². The van der Waals surface area contributed by atoms with Gasteiger partial charge in [0.05, 0.1) is 23.6 Å². The molecule has 1 unspecified atom stereocenters. The van der Waals surface area contributed by atoms with Crippen molar-refractivity contribution in [1.82, 2.24) is 4.90 Å². The van der Waals surface area contributed by atoms with Crippen molar-refractivity contribution in [3.63, 3.8) is 0 Å². The maximum Gasteiger partial charge on any atom is 0.417 e. The van der Waals surface area contributed by atoms with Crippen LogP contribution in [0.5, 0.6) is 0 Å². The number of aliphatic carboxylic acids is 1. The van der Waals surface area contributed by atoms with Gasteiger partial charge in [-0.3, -0.25) is 10.1 Å². The maximum absolute atomic E-state index is 13.3. The zero-order valence-corrected chi connectivity index (χ0v) is 26.4. The third kappa shape index (κ3) is 6.18. The van der Waals surface area contributed by atoms with Crippen LogP contribution in [0.1, 0.15) is 40.2 Å². The number of hydrogen-bond acceptors (Lipinski definition) is 7. The summed E-state index contributed by atoms with van der Waals surface area (Å²) in [5, 5.41) is 11.9. The van der Waals surface area contributed by atoms with Gasteiger partial charge >= 0.3 is 23.9 Å². The largest absolute Gasteiger partial charge is 0.477 e. The Hall–Kier alpha value is -3.91. The number of alkyl halides is 3. The van der Waals surface area contributed by atoms with Gasteiger partial charge < -0.3 is 23.6 Å². The van der Waals surface area contributed by atoms with Crippen LogP contribution in [0.15, 0.2) is 56.9 Å². The molecule has 2 N–H and O–H groups in total. The van der Waals surface area contributed by atoms with E-state index in [0.29, 0.717) is 11.6 Å². The lowest BCUT2D eigenvalue weighted by atomic mass is 9.77. The second-order valence-corrected chi connectivity index (χ2v) is 17.3. The molecule has 0 radical (unpaired) electrons. The number of amides is 2. The zero-order chi connectivity index (χ0) is 32.9. The number of ether oxygens (including phenoxy) is 1. The third-order valence-electron chi connectivity index (χ3n) is 8.61. The highest BCUT2D eigenvalue weighted by Crippen LogP contribution is 2.49. The number of fused-ring (bicyclic) bond motifs is 2. The molecule has 0 aliphatic carbocycles. The van der Waals surface area contributed by atoms with Gasteiger partial charge in [0, 0.05) is 29.1 Å². The van der Waals surface area contributed by atoms with Crippen LogP contribution in [0.25, 0.3) is 11.0 Å². The topological polar surface area (TPSA) is 135 Å². The lowest BCUT2D eigenvalue weighted by molar-refractivity contribution is -0.162. The molecule has 0 saturated carbocycles. The molecule has 1 fully saturated rings. The number of carbonyl (C=O) groups excluding carboxylic acids is 2. The molecule has 2 aliphatic rings. The number of carboxylic acid groups (broad SMARTS) is 1. The van der Waals surface area contributed by atoms with E-state index in [2.05, 4.69) is 39.2 Å². The Morgan fingerprint density at radius 1 is 1.18 bits per heavy atom. The van der Waals surface area contributed by atoms with Crippen LogP contribution in [0.3, 0.4) is 0 Å². The molecular weight excluding hydrogens is 601 g/mol. The van der Waals surface area contributed by atoms with Crippen molar-refractivity contribution in [2.75, 3.05) is 11.9 Å². The molecular formula is C30H35F3N2O8Si. The second-order valence-electron chi connectivity index (χ2n) is 12.5. The minimum atomic E-state index is -4.78. The highest BCUT2D eigenvalue weighted by Gasteiger charge is 2.60. The van der Waals surface area contributed by atoms with E-state index in [9.17, 15) is 37.5 Å². The van der Waals surface area contributed by atoms with Crippen molar-refractivity contribution in [3.05, 3.63) is 63.7 Å². The number of allylic oxidation sites excluding steroid dienone is 1. The Morgan fingerprint density at radius 3 is 2.43 bits per heavy atom. The number of carbonyl (C=O) groups is 3. The van der Waals surface area contributed by atoms with Crippen LogP contribution < -0.4 is 10.9 Å². The van der Waals surface area contributed by atoms with Crippen LogP contribution in [-0.2, 0) is 24.9 Å². The van der Waals surface area contributed by atoms with Gasteiger partial charge in [-0.1, -0.05) is 33.8 Å². The standard InChI is InChI=1S/C30H35F3N2O8Si/c1-15-18(25(27(38)39)35-24(15)23(26(35)37)16(2)43-44(6,7)29(3,4)5)9-8-12-41-28(40)34-17-10-11-19-20(30(31,32)33)14-22(36)42-21(19)13-17/h8-11,13-16,23-24H,12H2,1-7H3,(H,34,40)(H,38,39)/b9-8+/t15-,16?,23+,24+/m0/s1. The summed E-state index contributed by atoms with van der Waals surface area (Å²) in [5.74, 6) is -2.38. The summed E-state index contributed by atoms with van der Waals surface area (Å²) in [7, 11) is -2.19. The fourth-order valence-corrected chi connectivity index (χ4v) is 6.87. The van der Waals surface area contributed by atoms with Crippen molar-refractivity contribution >= 4 is 42.9 Å². The third-order valence-corrected chi connectivity index (χ3v) is 13.2. The Kier molecular flexibility index (Phi) is 8.65. The van der Waals surface area contributed by atoms with E-state index in [0.717, 1.165) is 12.1 Å². The molecule has 1 aromatic carbocycles. The number of carboxylic acids is 1. The molecule has 1 aromatic heterocycles. The fourth-order valence-electron chi connectivity index (χ4n) is 5.44. The normalized spacial score (nSPS) is 21.5. The van der Waals surface area contributed by atoms with Gasteiger partial charge in [0.15, 0.2) is 8.32 Å². The summed E-state index contributed by atoms with van der Waals surface area (Å²) in [5.41, 5.74) is -2.41. The van der Waals surface area contributed by atoms with Gasteiger partial charge in [0.2, 0.25) is 5.91 Å². The number of benzene rings is 1. The van der Waals surface area contributed by atoms with Gasteiger partial charge in [-0.15, -0.1) is 0 Å². The first-order valence-corrected chi connectivity index (χ1v) is 16.9. The minimum Gasteiger partial charge on any atom is -0.477 e. The molecule has 0 bridgehead atoms. The summed E-state index contributed by atoms with van der Waals surface area (Å²) in [6.45, 7) is 13.9. The molecule has 2 amide bonds.